The first-order chi connectivity index (χ1) is 12.9. The van der Waals surface area contributed by atoms with Crippen molar-refractivity contribution in [2.24, 2.45) is 0 Å². The Morgan fingerprint density at radius 2 is 2.11 bits per heavy atom. The number of fused-ring (bicyclic) bond motifs is 1. The van der Waals surface area contributed by atoms with Gasteiger partial charge in [0.15, 0.2) is 5.60 Å². The van der Waals surface area contributed by atoms with Crippen molar-refractivity contribution in [3.8, 4) is 17.5 Å². The van der Waals surface area contributed by atoms with Crippen LogP contribution >= 0.6 is 0 Å². The molecule has 3 heterocycles. The second-order valence-electron chi connectivity index (χ2n) is 6.39. The fourth-order valence-electron chi connectivity index (χ4n) is 2.73. The molecule has 0 amide bonds. The van der Waals surface area contributed by atoms with Crippen LogP contribution in [0.2, 0.25) is 0 Å². The molecule has 7 heteroatoms. The van der Waals surface area contributed by atoms with Crippen molar-refractivity contribution in [3.05, 3.63) is 65.8 Å². The van der Waals surface area contributed by atoms with Gasteiger partial charge in [0.25, 0.3) is 0 Å². The van der Waals surface area contributed by atoms with Crippen molar-refractivity contribution in [1.29, 1.82) is 0 Å². The lowest BCUT2D eigenvalue weighted by Gasteiger charge is -2.11. The molecule has 134 valence electrons. The van der Waals surface area contributed by atoms with Gasteiger partial charge in [0, 0.05) is 35.1 Å². The van der Waals surface area contributed by atoms with E-state index in [-0.39, 0.29) is 5.95 Å². The molecule has 0 saturated carbocycles. The number of nitrogens with two attached hydrogens (primary N) is 1. The number of anilines is 1. The maximum atomic E-state index is 10.6. The largest absolute Gasteiger partial charge is 0.372 e. The molecule has 0 fully saturated rings. The Balaban J connectivity index is 1.70. The van der Waals surface area contributed by atoms with Gasteiger partial charge in [0.2, 0.25) is 5.95 Å². The second kappa shape index (κ2) is 6.27. The molecule has 0 aliphatic carbocycles. The minimum Gasteiger partial charge on any atom is -0.372 e. The Hall–Kier alpha value is -3.63. The van der Waals surface area contributed by atoms with Gasteiger partial charge in [0.05, 0.1) is 0 Å². The summed E-state index contributed by atoms with van der Waals surface area (Å²) in [5.74, 6) is 6.69. The highest BCUT2D eigenvalue weighted by molar-refractivity contribution is 5.78. The van der Waals surface area contributed by atoms with Crippen LogP contribution in [0.5, 0.6) is 0 Å². The van der Waals surface area contributed by atoms with Crippen LogP contribution < -0.4 is 5.73 Å². The third-order valence-corrected chi connectivity index (χ3v) is 4.15. The number of hydrogen-bond acceptors (Lipinski definition) is 6. The van der Waals surface area contributed by atoms with E-state index >= 15 is 0 Å². The molecule has 0 unspecified atom stereocenters. The van der Waals surface area contributed by atoms with Gasteiger partial charge in [-0.05, 0) is 38.1 Å². The highest BCUT2D eigenvalue weighted by Gasteiger charge is 2.24. The van der Waals surface area contributed by atoms with Crippen LogP contribution in [0.25, 0.3) is 16.7 Å². The van der Waals surface area contributed by atoms with E-state index in [1.165, 1.54) is 0 Å². The normalized spacial score (nSPS) is 13.1. The summed E-state index contributed by atoms with van der Waals surface area (Å²) in [4.78, 5) is 8.31. The third-order valence-electron chi connectivity index (χ3n) is 4.15. The first-order valence-corrected chi connectivity index (χ1v) is 8.32. The van der Waals surface area contributed by atoms with Crippen LogP contribution in [-0.2, 0) is 5.60 Å². The predicted octanol–water partition coefficient (Wildman–Crippen LogP) is 2.56. The van der Waals surface area contributed by atoms with E-state index < -0.39 is 5.60 Å². The van der Waals surface area contributed by atoms with Gasteiger partial charge >= 0.3 is 0 Å². The van der Waals surface area contributed by atoms with Crippen LogP contribution in [0.15, 0.2) is 53.3 Å². The van der Waals surface area contributed by atoms with Crippen molar-refractivity contribution in [1.82, 2.24) is 19.7 Å². The first kappa shape index (κ1) is 16.8. The maximum absolute atomic E-state index is 10.6. The van der Waals surface area contributed by atoms with E-state index in [4.69, 9.17) is 10.3 Å². The molecule has 0 bridgehead atoms. The fraction of sp³-hybridized carbons (Fsp3) is 0.150. The van der Waals surface area contributed by atoms with Gasteiger partial charge in [-0.1, -0.05) is 23.1 Å². The molecular formula is C20H17N5O2. The molecule has 1 atom stereocenters. The summed E-state index contributed by atoms with van der Waals surface area (Å²) in [5, 5.41) is 15.3. The van der Waals surface area contributed by atoms with Gasteiger partial charge in [-0.25, -0.2) is 4.98 Å². The smallest absolute Gasteiger partial charge is 0.221 e. The zero-order chi connectivity index (χ0) is 19.0. The van der Waals surface area contributed by atoms with Gasteiger partial charge in [0.1, 0.15) is 17.1 Å². The van der Waals surface area contributed by atoms with E-state index in [9.17, 15) is 5.11 Å². The Kier molecular flexibility index (Phi) is 3.90. The number of aryl methyl sites for hydroxylation is 1. The molecule has 7 nitrogen and oxygen atoms in total. The molecule has 4 rings (SSSR count). The van der Waals surface area contributed by atoms with Crippen molar-refractivity contribution in [3.63, 3.8) is 0 Å². The van der Waals surface area contributed by atoms with E-state index in [0.717, 1.165) is 22.3 Å². The van der Waals surface area contributed by atoms with E-state index in [1.807, 2.05) is 41.1 Å². The van der Waals surface area contributed by atoms with Crippen molar-refractivity contribution in [2.75, 3.05) is 5.73 Å². The fourth-order valence-corrected chi connectivity index (χ4v) is 2.73. The molecule has 3 aromatic heterocycles. The van der Waals surface area contributed by atoms with E-state index in [1.54, 1.807) is 26.1 Å². The van der Waals surface area contributed by atoms with Gasteiger partial charge in [-0.2, -0.15) is 4.98 Å². The Morgan fingerprint density at radius 1 is 1.26 bits per heavy atom. The summed E-state index contributed by atoms with van der Waals surface area (Å²) in [6, 6.07) is 11.2. The zero-order valence-electron chi connectivity index (χ0n) is 14.8. The Morgan fingerprint density at radius 3 is 2.89 bits per heavy atom. The average molecular weight is 359 g/mol. The molecule has 0 aliphatic rings. The van der Waals surface area contributed by atoms with Crippen molar-refractivity contribution < 1.29 is 9.63 Å². The van der Waals surface area contributed by atoms with E-state index in [2.05, 4.69) is 27.0 Å². The summed E-state index contributed by atoms with van der Waals surface area (Å²) in [6.07, 6.45) is 3.59. The number of benzene rings is 1. The number of nitrogen functional groups attached to an aromatic ring is 1. The topological polar surface area (TPSA) is 103 Å². The maximum Gasteiger partial charge on any atom is 0.221 e. The van der Waals surface area contributed by atoms with Crippen LogP contribution in [0.3, 0.4) is 0 Å². The molecule has 0 saturated heterocycles. The molecular weight excluding hydrogens is 342 g/mol. The second-order valence-corrected chi connectivity index (χ2v) is 6.39. The first-order valence-electron chi connectivity index (χ1n) is 8.32. The number of rotatable bonds is 2. The van der Waals surface area contributed by atoms with Crippen LogP contribution in [0.1, 0.15) is 23.9 Å². The minimum absolute atomic E-state index is 0.220. The lowest BCUT2D eigenvalue weighted by Crippen LogP contribution is -2.18. The molecule has 3 N–H and O–H groups in total. The summed E-state index contributed by atoms with van der Waals surface area (Å²) < 4.78 is 6.93. The molecule has 0 aliphatic heterocycles. The van der Waals surface area contributed by atoms with Crippen molar-refractivity contribution in [2.45, 2.75) is 19.4 Å². The molecule has 1 aromatic carbocycles. The minimum atomic E-state index is -1.41. The van der Waals surface area contributed by atoms with Crippen LogP contribution in [0, 0.1) is 18.8 Å². The third kappa shape index (κ3) is 3.26. The Labute approximate surface area is 155 Å². The number of aliphatic hydroxyl groups is 1. The number of nitrogens with zero attached hydrogens (tertiary/aromatic N) is 4. The highest BCUT2D eigenvalue weighted by atomic mass is 16.5. The summed E-state index contributed by atoms with van der Waals surface area (Å²) in [5.41, 5.74) is 7.04. The molecule has 4 aromatic rings. The summed E-state index contributed by atoms with van der Waals surface area (Å²) in [6.45, 7) is 3.35. The Bertz CT molecular complexity index is 1190. The lowest BCUT2D eigenvalue weighted by molar-refractivity contribution is 0.112. The molecule has 27 heavy (non-hydrogen) atoms. The van der Waals surface area contributed by atoms with Crippen LogP contribution in [0.4, 0.5) is 5.95 Å². The standard InChI is InChI=1S/C20H17N5O2/c1-13-10-17(24-27-13)20(2,26)8-6-14-4-3-5-16(11-14)25-9-7-15-12-22-19(21)23-18(15)25/h3-5,7,9-12,26H,1-2H3,(H2,21,22,23)/t20-/m1/s1. The molecule has 0 radical (unpaired) electrons. The highest BCUT2D eigenvalue weighted by Crippen LogP contribution is 2.21. The number of aromatic nitrogens is 4. The predicted molar refractivity (Wildman–Crippen MR) is 101 cm³/mol. The summed E-state index contributed by atoms with van der Waals surface area (Å²) in [7, 11) is 0. The summed E-state index contributed by atoms with van der Waals surface area (Å²) >= 11 is 0. The van der Waals surface area contributed by atoms with Gasteiger partial charge < -0.3 is 19.9 Å². The monoisotopic (exact) mass is 359 g/mol. The van der Waals surface area contributed by atoms with Gasteiger partial charge in [-0.15, -0.1) is 0 Å². The van der Waals surface area contributed by atoms with E-state index in [0.29, 0.717) is 11.5 Å². The quantitative estimate of drug-likeness (QED) is 0.533. The average Bonchev–Trinajstić information content (AvgIpc) is 3.27. The van der Waals surface area contributed by atoms with Gasteiger partial charge in [-0.3, -0.25) is 0 Å². The zero-order valence-corrected chi connectivity index (χ0v) is 14.8. The van der Waals surface area contributed by atoms with Crippen molar-refractivity contribution >= 4 is 17.0 Å². The lowest BCUT2D eigenvalue weighted by atomic mass is 10.0. The molecule has 0 spiro atoms. The number of hydrogen-bond donors (Lipinski definition) is 2. The SMILES string of the molecule is Cc1cc([C@](C)(O)C#Cc2cccc(-n3ccc4cnc(N)nc43)c2)no1. The van der Waals surface area contributed by atoms with Crippen LogP contribution in [-0.4, -0.2) is 24.8 Å².